The Kier molecular flexibility index (Phi) is 5.59. The lowest BCUT2D eigenvalue weighted by Crippen LogP contribution is -2.50. The summed E-state index contributed by atoms with van der Waals surface area (Å²) in [5, 5.41) is 12.5. The minimum Gasteiger partial charge on any atom is -0.484 e. The number of hydrogen-bond acceptors (Lipinski definition) is 7. The molecule has 1 saturated heterocycles. The topological polar surface area (TPSA) is 58.6 Å². The van der Waals surface area contributed by atoms with E-state index in [9.17, 15) is 4.79 Å². The molecule has 6 nitrogen and oxygen atoms in total. The van der Waals surface area contributed by atoms with Crippen molar-refractivity contribution in [1.82, 2.24) is 15.1 Å². The molecule has 1 aliphatic rings. The summed E-state index contributed by atoms with van der Waals surface area (Å²) in [4.78, 5) is 17.7. The van der Waals surface area contributed by atoms with Gasteiger partial charge in [0, 0.05) is 26.2 Å². The van der Waals surface area contributed by atoms with Gasteiger partial charge in [-0.05, 0) is 48.6 Å². The van der Waals surface area contributed by atoms with Gasteiger partial charge in [0.2, 0.25) is 5.13 Å². The van der Waals surface area contributed by atoms with Gasteiger partial charge in [0.1, 0.15) is 5.75 Å². The molecule has 0 bridgehead atoms. The molecule has 8 heteroatoms. The molecule has 28 heavy (non-hydrogen) atoms. The van der Waals surface area contributed by atoms with Gasteiger partial charge < -0.3 is 14.5 Å². The average molecular weight is 415 g/mol. The summed E-state index contributed by atoms with van der Waals surface area (Å²) in [6.45, 7) is 7.03. The molecule has 0 saturated carbocycles. The summed E-state index contributed by atoms with van der Waals surface area (Å²) in [6.07, 6.45) is 0. The lowest BCUT2D eigenvalue weighted by molar-refractivity contribution is -0.133. The number of ether oxygens (including phenoxy) is 1. The van der Waals surface area contributed by atoms with Gasteiger partial charge in [-0.25, -0.2) is 0 Å². The van der Waals surface area contributed by atoms with Crippen LogP contribution in [0.15, 0.2) is 35.7 Å². The van der Waals surface area contributed by atoms with Gasteiger partial charge in [-0.3, -0.25) is 4.79 Å². The number of carbonyl (C=O) groups excluding carboxylic acids is 1. The summed E-state index contributed by atoms with van der Waals surface area (Å²) in [7, 11) is 0. The number of anilines is 1. The number of nitrogens with zero attached hydrogens (tertiary/aromatic N) is 4. The number of hydrogen-bond donors (Lipinski definition) is 0. The van der Waals surface area contributed by atoms with Crippen molar-refractivity contribution in [3.63, 3.8) is 0 Å². The Hall–Kier alpha value is -2.45. The van der Waals surface area contributed by atoms with Crippen molar-refractivity contribution in [2.24, 2.45) is 0 Å². The monoisotopic (exact) mass is 414 g/mol. The largest absolute Gasteiger partial charge is 0.484 e. The Morgan fingerprint density at radius 1 is 1.11 bits per heavy atom. The van der Waals surface area contributed by atoms with E-state index in [0.717, 1.165) is 39.4 Å². The van der Waals surface area contributed by atoms with Crippen molar-refractivity contribution < 1.29 is 9.53 Å². The smallest absolute Gasteiger partial charge is 0.260 e. The van der Waals surface area contributed by atoms with E-state index in [-0.39, 0.29) is 12.5 Å². The molecule has 3 heterocycles. The molecular formula is C20H22N4O2S2. The van der Waals surface area contributed by atoms with E-state index < -0.39 is 0 Å². The number of rotatable bonds is 5. The highest BCUT2D eigenvalue weighted by Gasteiger charge is 2.24. The third-order valence-corrected chi connectivity index (χ3v) is 6.91. The van der Waals surface area contributed by atoms with Crippen LogP contribution in [0.25, 0.3) is 9.88 Å². The fraction of sp³-hybridized carbons (Fsp3) is 0.350. The van der Waals surface area contributed by atoms with Crippen LogP contribution in [0.3, 0.4) is 0 Å². The molecule has 1 fully saturated rings. The Balaban J connectivity index is 1.29. The van der Waals surface area contributed by atoms with E-state index in [2.05, 4.69) is 28.1 Å². The molecule has 1 aromatic carbocycles. The van der Waals surface area contributed by atoms with Crippen molar-refractivity contribution in [1.29, 1.82) is 0 Å². The first-order valence-corrected chi connectivity index (χ1v) is 10.9. The Morgan fingerprint density at radius 2 is 1.93 bits per heavy atom. The minimum absolute atomic E-state index is 0.0226. The molecule has 2 aromatic heterocycles. The van der Waals surface area contributed by atoms with Gasteiger partial charge in [-0.15, -0.1) is 21.5 Å². The summed E-state index contributed by atoms with van der Waals surface area (Å²) < 4.78 is 5.69. The van der Waals surface area contributed by atoms with Crippen LogP contribution >= 0.6 is 22.7 Å². The summed E-state index contributed by atoms with van der Waals surface area (Å²) in [6, 6.07) is 9.97. The number of thiophene rings is 1. The van der Waals surface area contributed by atoms with Gasteiger partial charge in [-0.1, -0.05) is 23.5 Å². The van der Waals surface area contributed by atoms with Gasteiger partial charge >= 0.3 is 0 Å². The molecule has 1 aliphatic heterocycles. The fourth-order valence-corrected chi connectivity index (χ4v) is 4.72. The Labute approximate surface area is 172 Å². The summed E-state index contributed by atoms with van der Waals surface area (Å²) in [5.74, 6) is 0.763. The summed E-state index contributed by atoms with van der Waals surface area (Å²) in [5.41, 5.74) is 2.38. The number of carbonyl (C=O) groups is 1. The maximum atomic E-state index is 12.5. The molecular weight excluding hydrogens is 392 g/mol. The highest BCUT2D eigenvalue weighted by atomic mass is 32.1. The van der Waals surface area contributed by atoms with Gasteiger partial charge in [0.05, 0.1) is 4.88 Å². The summed E-state index contributed by atoms with van der Waals surface area (Å²) >= 11 is 3.27. The zero-order valence-electron chi connectivity index (χ0n) is 15.9. The number of benzene rings is 1. The third-order valence-electron chi connectivity index (χ3n) is 4.89. The van der Waals surface area contributed by atoms with Crippen LogP contribution in [0.5, 0.6) is 5.75 Å². The molecule has 3 aromatic rings. The predicted octanol–water partition coefficient (Wildman–Crippen LogP) is 3.61. The lowest BCUT2D eigenvalue weighted by atomic mass is 10.1. The second-order valence-corrected chi connectivity index (χ2v) is 8.67. The van der Waals surface area contributed by atoms with Crippen LogP contribution < -0.4 is 9.64 Å². The Morgan fingerprint density at radius 3 is 2.64 bits per heavy atom. The molecule has 146 valence electrons. The average Bonchev–Trinajstić information content (AvgIpc) is 3.40. The van der Waals surface area contributed by atoms with E-state index in [4.69, 9.17) is 4.74 Å². The molecule has 1 amide bonds. The second kappa shape index (κ2) is 8.28. The van der Waals surface area contributed by atoms with Crippen LogP contribution in [-0.2, 0) is 4.79 Å². The van der Waals surface area contributed by atoms with Gasteiger partial charge in [-0.2, -0.15) is 0 Å². The van der Waals surface area contributed by atoms with Crippen LogP contribution in [0.4, 0.5) is 5.13 Å². The standard InChI is InChI=1S/C20H22N4O2S2/c1-14-5-6-16(12-15(14)2)26-13-18(25)23-7-9-24(10-8-23)20-22-21-19(28-20)17-4-3-11-27-17/h3-6,11-12H,7-10,13H2,1-2H3. The van der Waals surface area contributed by atoms with Crippen molar-refractivity contribution in [2.45, 2.75) is 13.8 Å². The quantitative estimate of drug-likeness (QED) is 0.638. The van der Waals surface area contributed by atoms with Crippen molar-refractivity contribution in [2.75, 3.05) is 37.7 Å². The predicted molar refractivity (Wildman–Crippen MR) is 113 cm³/mol. The molecule has 0 atom stereocenters. The van der Waals surface area contributed by atoms with Crippen molar-refractivity contribution in [3.8, 4) is 15.6 Å². The zero-order valence-corrected chi connectivity index (χ0v) is 17.6. The first kappa shape index (κ1) is 18.9. The first-order chi connectivity index (χ1) is 13.6. The van der Waals surface area contributed by atoms with Crippen molar-refractivity contribution >= 4 is 33.7 Å². The molecule has 0 unspecified atom stereocenters. The highest BCUT2D eigenvalue weighted by molar-refractivity contribution is 7.22. The lowest BCUT2D eigenvalue weighted by Gasteiger charge is -2.34. The maximum Gasteiger partial charge on any atom is 0.260 e. The second-order valence-electron chi connectivity index (χ2n) is 6.77. The Bertz CT molecular complexity index is 947. The minimum atomic E-state index is 0.0226. The molecule has 0 N–H and O–H groups in total. The number of aryl methyl sites for hydroxylation is 2. The molecule has 4 rings (SSSR count). The molecule has 0 spiro atoms. The van der Waals surface area contributed by atoms with E-state index in [1.807, 2.05) is 41.5 Å². The van der Waals surface area contributed by atoms with E-state index in [0.29, 0.717) is 13.1 Å². The highest BCUT2D eigenvalue weighted by Crippen LogP contribution is 2.31. The van der Waals surface area contributed by atoms with Crippen LogP contribution in [0, 0.1) is 13.8 Å². The van der Waals surface area contributed by atoms with Crippen LogP contribution in [0.1, 0.15) is 11.1 Å². The maximum absolute atomic E-state index is 12.5. The van der Waals surface area contributed by atoms with E-state index >= 15 is 0 Å². The zero-order chi connectivity index (χ0) is 19.5. The number of aromatic nitrogens is 2. The molecule has 0 aliphatic carbocycles. The number of amides is 1. The van der Waals surface area contributed by atoms with E-state index in [1.54, 1.807) is 22.7 Å². The first-order valence-electron chi connectivity index (χ1n) is 9.20. The van der Waals surface area contributed by atoms with Crippen LogP contribution in [0.2, 0.25) is 0 Å². The normalized spacial score (nSPS) is 14.4. The SMILES string of the molecule is Cc1ccc(OCC(=O)N2CCN(c3nnc(-c4cccs4)s3)CC2)cc1C. The third kappa shape index (κ3) is 4.18. The van der Waals surface area contributed by atoms with Crippen LogP contribution in [-0.4, -0.2) is 53.8 Å². The molecule has 0 radical (unpaired) electrons. The van der Waals surface area contributed by atoms with Gasteiger partial charge in [0.25, 0.3) is 5.91 Å². The number of piperazine rings is 1. The van der Waals surface area contributed by atoms with Gasteiger partial charge in [0.15, 0.2) is 11.6 Å². The van der Waals surface area contributed by atoms with Crippen molar-refractivity contribution in [3.05, 3.63) is 46.8 Å². The fourth-order valence-electron chi connectivity index (χ4n) is 3.03. The van der Waals surface area contributed by atoms with E-state index in [1.165, 1.54) is 5.56 Å².